The van der Waals surface area contributed by atoms with Crippen LogP contribution in [0.25, 0.3) is 11.3 Å². The summed E-state index contributed by atoms with van der Waals surface area (Å²) in [5, 5.41) is 9.39. The van der Waals surface area contributed by atoms with Gasteiger partial charge in [-0.25, -0.2) is 13.6 Å². The van der Waals surface area contributed by atoms with Crippen LogP contribution in [0.1, 0.15) is 5.69 Å². The molecule has 0 spiro atoms. The summed E-state index contributed by atoms with van der Waals surface area (Å²) in [4.78, 5) is 0.00509. The van der Waals surface area contributed by atoms with E-state index >= 15 is 0 Å². The van der Waals surface area contributed by atoms with Gasteiger partial charge in [0, 0.05) is 18.3 Å². The largest absolute Gasteiger partial charge is 0.399 e. The Kier molecular flexibility index (Phi) is 2.88. The maximum Gasteiger partial charge on any atom is 0.238 e. The van der Waals surface area contributed by atoms with Gasteiger partial charge in [0.15, 0.2) is 0 Å². The third-order valence-electron chi connectivity index (χ3n) is 2.59. The van der Waals surface area contributed by atoms with E-state index in [9.17, 15) is 8.42 Å². The number of hydrogen-bond acceptors (Lipinski definition) is 4. The minimum absolute atomic E-state index is 0.00509. The fraction of sp³-hybridized carbons (Fsp3) is 0.182. The number of aryl methyl sites for hydroxylation is 2. The highest BCUT2D eigenvalue weighted by molar-refractivity contribution is 7.89. The highest BCUT2D eigenvalue weighted by Gasteiger charge is 2.18. The van der Waals surface area contributed by atoms with Gasteiger partial charge in [0.05, 0.1) is 16.3 Å². The third kappa shape index (κ3) is 2.22. The molecule has 0 amide bonds. The molecule has 18 heavy (non-hydrogen) atoms. The van der Waals surface area contributed by atoms with E-state index < -0.39 is 10.0 Å². The van der Waals surface area contributed by atoms with Crippen molar-refractivity contribution in [2.24, 2.45) is 12.2 Å². The molecule has 7 heteroatoms. The van der Waals surface area contributed by atoms with Crippen molar-refractivity contribution < 1.29 is 8.42 Å². The van der Waals surface area contributed by atoms with Crippen molar-refractivity contribution in [1.82, 2.24) is 9.78 Å². The van der Waals surface area contributed by atoms with Crippen molar-refractivity contribution in [1.29, 1.82) is 0 Å². The van der Waals surface area contributed by atoms with E-state index in [0.717, 1.165) is 5.69 Å². The van der Waals surface area contributed by atoms with Gasteiger partial charge >= 0.3 is 0 Å². The number of sulfonamides is 1. The predicted octanol–water partition coefficient (Wildman–Crippen LogP) is 0.625. The van der Waals surface area contributed by atoms with E-state index in [1.807, 2.05) is 6.92 Å². The normalized spacial score (nSPS) is 11.7. The Morgan fingerprint density at radius 1 is 1.28 bits per heavy atom. The van der Waals surface area contributed by atoms with Crippen molar-refractivity contribution >= 4 is 15.7 Å². The zero-order valence-electron chi connectivity index (χ0n) is 10.1. The van der Waals surface area contributed by atoms with E-state index in [-0.39, 0.29) is 4.90 Å². The summed E-state index contributed by atoms with van der Waals surface area (Å²) in [6.45, 7) is 1.83. The molecule has 0 bridgehead atoms. The average Bonchev–Trinajstić information content (AvgIpc) is 2.56. The molecule has 6 nitrogen and oxygen atoms in total. The lowest BCUT2D eigenvalue weighted by atomic mass is 10.1. The SMILES string of the molecule is Cc1cc(-c2ccc(N)cc2S(N)(=O)=O)n(C)n1. The van der Waals surface area contributed by atoms with Crippen LogP contribution in [0.15, 0.2) is 29.2 Å². The van der Waals surface area contributed by atoms with Crippen LogP contribution in [0.5, 0.6) is 0 Å². The Balaban J connectivity index is 2.76. The molecule has 96 valence electrons. The molecule has 0 unspecified atom stereocenters. The summed E-state index contributed by atoms with van der Waals surface area (Å²) in [6.07, 6.45) is 0. The third-order valence-corrected chi connectivity index (χ3v) is 3.54. The Bertz CT molecular complexity index is 704. The lowest BCUT2D eigenvalue weighted by Gasteiger charge is -2.08. The van der Waals surface area contributed by atoms with Crippen LogP contribution in [0.4, 0.5) is 5.69 Å². The smallest absolute Gasteiger partial charge is 0.238 e. The van der Waals surface area contributed by atoms with Crippen LogP contribution in [0.3, 0.4) is 0 Å². The van der Waals surface area contributed by atoms with Crippen molar-refractivity contribution in [3.63, 3.8) is 0 Å². The maximum absolute atomic E-state index is 11.6. The molecule has 1 aromatic carbocycles. The molecule has 2 aromatic rings. The van der Waals surface area contributed by atoms with Gasteiger partial charge in [-0.05, 0) is 31.2 Å². The first-order chi connectivity index (χ1) is 8.29. The lowest BCUT2D eigenvalue weighted by Crippen LogP contribution is -2.14. The van der Waals surface area contributed by atoms with Gasteiger partial charge in [-0.2, -0.15) is 5.10 Å². The molecule has 0 saturated carbocycles. The first-order valence-corrected chi connectivity index (χ1v) is 6.77. The molecular formula is C11H14N4O2S. The molecule has 0 fully saturated rings. The van der Waals surface area contributed by atoms with Crippen LogP contribution in [0, 0.1) is 6.92 Å². The minimum Gasteiger partial charge on any atom is -0.399 e. The van der Waals surface area contributed by atoms with Crippen LogP contribution >= 0.6 is 0 Å². The fourth-order valence-electron chi connectivity index (χ4n) is 1.85. The molecular weight excluding hydrogens is 252 g/mol. The molecule has 0 radical (unpaired) electrons. The second-order valence-corrected chi connectivity index (χ2v) is 5.63. The predicted molar refractivity (Wildman–Crippen MR) is 69.2 cm³/mol. The number of rotatable bonds is 2. The van der Waals surface area contributed by atoms with Gasteiger partial charge in [0.25, 0.3) is 0 Å². The molecule has 2 rings (SSSR count). The Hall–Kier alpha value is -1.86. The van der Waals surface area contributed by atoms with Crippen molar-refractivity contribution in [2.75, 3.05) is 5.73 Å². The molecule has 0 aliphatic heterocycles. The van der Waals surface area contributed by atoms with E-state index in [0.29, 0.717) is 16.9 Å². The second-order valence-electron chi connectivity index (χ2n) is 4.10. The van der Waals surface area contributed by atoms with Gasteiger partial charge in [-0.3, -0.25) is 4.68 Å². The number of nitrogens with two attached hydrogens (primary N) is 2. The summed E-state index contributed by atoms with van der Waals surface area (Å²) in [5.74, 6) is 0. The average molecular weight is 266 g/mol. The second kappa shape index (κ2) is 4.11. The summed E-state index contributed by atoms with van der Waals surface area (Å²) in [5.41, 5.74) is 7.92. The number of hydrogen-bond donors (Lipinski definition) is 2. The summed E-state index contributed by atoms with van der Waals surface area (Å²) >= 11 is 0. The Labute approximate surface area is 105 Å². The van der Waals surface area contributed by atoms with Gasteiger partial charge in [-0.1, -0.05) is 0 Å². The number of aromatic nitrogens is 2. The summed E-state index contributed by atoms with van der Waals surface area (Å²) in [6, 6.07) is 6.41. The van der Waals surface area contributed by atoms with Crippen LogP contribution in [0.2, 0.25) is 0 Å². The highest BCUT2D eigenvalue weighted by Crippen LogP contribution is 2.28. The number of benzene rings is 1. The molecule has 0 aliphatic carbocycles. The van der Waals surface area contributed by atoms with Crippen LogP contribution in [-0.4, -0.2) is 18.2 Å². The fourth-order valence-corrected chi connectivity index (χ4v) is 2.63. The molecule has 0 saturated heterocycles. The number of nitrogens with zero attached hydrogens (tertiary/aromatic N) is 2. The van der Waals surface area contributed by atoms with Crippen molar-refractivity contribution in [3.05, 3.63) is 30.0 Å². The lowest BCUT2D eigenvalue weighted by molar-refractivity contribution is 0.598. The minimum atomic E-state index is -3.83. The van der Waals surface area contributed by atoms with Gasteiger partial charge in [0.2, 0.25) is 10.0 Å². The highest BCUT2D eigenvalue weighted by atomic mass is 32.2. The van der Waals surface area contributed by atoms with Gasteiger partial charge < -0.3 is 5.73 Å². The zero-order valence-corrected chi connectivity index (χ0v) is 10.9. The molecule has 0 atom stereocenters. The quantitative estimate of drug-likeness (QED) is 0.778. The Morgan fingerprint density at radius 3 is 2.44 bits per heavy atom. The monoisotopic (exact) mass is 266 g/mol. The molecule has 1 heterocycles. The Morgan fingerprint density at radius 2 is 1.94 bits per heavy atom. The first kappa shape index (κ1) is 12.6. The number of anilines is 1. The summed E-state index contributed by atoms with van der Waals surface area (Å²) < 4.78 is 24.8. The van der Waals surface area contributed by atoms with Crippen molar-refractivity contribution in [3.8, 4) is 11.3 Å². The standard InChI is InChI=1S/C11H14N4O2S/c1-7-5-10(15(2)14-7)9-4-3-8(12)6-11(9)18(13,16)17/h3-6H,12H2,1-2H3,(H2,13,16,17). The van der Waals surface area contributed by atoms with E-state index in [1.54, 1.807) is 29.9 Å². The topological polar surface area (TPSA) is 104 Å². The van der Waals surface area contributed by atoms with Crippen molar-refractivity contribution in [2.45, 2.75) is 11.8 Å². The van der Waals surface area contributed by atoms with Crippen LogP contribution < -0.4 is 10.9 Å². The summed E-state index contributed by atoms with van der Waals surface area (Å²) in [7, 11) is -2.09. The first-order valence-electron chi connectivity index (χ1n) is 5.22. The molecule has 0 aliphatic rings. The van der Waals surface area contributed by atoms with E-state index in [4.69, 9.17) is 10.9 Å². The van der Waals surface area contributed by atoms with Gasteiger partial charge in [-0.15, -0.1) is 0 Å². The van der Waals surface area contributed by atoms with E-state index in [1.165, 1.54) is 6.07 Å². The van der Waals surface area contributed by atoms with Crippen LogP contribution in [-0.2, 0) is 17.1 Å². The van der Waals surface area contributed by atoms with E-state index in [2.05, 4.69) is 5.10 Å². The number of nitrogen functional groups attached to an aromatic ring is 1. The van der Waals surface area contributed by atoms with Gasteiger partial charge in [0.1, 0.15) is 0 Å². The number of primary sulfonamides is 1. The molecule has 1 aromatic heterocycles. The molecule has 4 N–H and O–H groups in total. The zero-order chi connectivity index (χ0) is 13.5. The maximum atomic E-state index is 11.6.